The summed E-state index contributed by atoms with van der Waals surface area (Å²) >= 11 is 0. The number of benzene rings is 3. The molecule has 7 heteroatoms. The second-order valence-corrected chi connectivity index (χ2v) is 7.00. The third kappa shape index (κ3) is 4.00. The van der Waals surface area contributed by atoms with Crippen LogP contribution in [0.5, 0.6) is 0 Å². The largest absolute Gasteiger partial charge is 0.379 e. The van der Waals surface area contributed by atoms with Gasteiger partial charge in [0.05, 0.1) is 10.5 Å². The van der Waals surface area contributed by atoms with Gasteiger partial charge in [-0.05, 0) is 42.8 Å². The average molecular weight is 400 g/mol. The van der Waals surface area contributed by atoms with Crippen LogP contribution < -0.4 is 10.6 Å². The van der Waals surface area contributed by atoms with Crippen molar-refractivity contribution in [2.45, 2.75) is 13.0 Å². The number of rotatable bonds is 6. The molecule has 150 valence electrons. The normalized spacial score (nSPS) is 11.8. The molecular weight excluding hydrogens is 380 g/mol. The van der Waals surface area contributed by atoms with Gasteiger partial charge in [-0.15, -0.1) is 0 Å². The van der Waals surface area contributed by atoms with E-state index in [2.05, 4.69) is 34.7 Å². The lowest BCUT2D eigenvalue weighted by Gasteiger charge is -2.16. The molecule has 0 aliphatic rings. The van der Waals surface area contributed by atoms with Crippen molar-refractivity contribution in [2.24, 2.45) is 0 Å². The third-order valence-corrected chi connectivity index (χ3v) is 4.95. The standard InChI is InChI=1S/C23H20N4O3/c1-15(16-5-3-2-4-6-16)25-17-7-9-18(10-8-17)26-23(28)21-14-24-22-12-11-19(27(29)30)13-20(21)22/h2-15,24-25H,1H3,(H,26,28). The van der Waals surface area contributed by atoms with Crippen LogP contribution in [0.3, 0.4) is 0 Å². The second-order valence-electron chi connectivity index (χ2n) is 7.00. The molecule has 0 aliphatic heterocycles. The zero-order valence-corrected chi connectivity index (χ0v) is 16.3. The first kappa shape index (κ1) is 19.2. The highest BCUT2D eigenvalue weighted by Crippen LogP contribution is 2.25. The van der Waals surface area contributed by atoms with Crippen LogP contribution in [0.1, 0.15) is 28.9 Å². The summed E-state index contributed by atoms with van der Waals surface area (Å²) in [5, 5.41) is 17.8. The van der Waals surface area contributed by atoms with Crippen molar-refractivity contribution in [1.82, 2.24) is 4.98 Å². The van der Waals surface area contributed by atoms with Crippen LogP contribution in [0.15, 0.2) is 79.0 Å². The minimum atomic E-state index is -0.476. The minimum Gasteiger partial charge on any atom is -0.379 e. The number of aromatic amines is 1. The molecule has 0 bridgehead atoms. The van der Waals surface area contributed by atoms with Crippen molar-refractivity contribution in [3.8, 4) is 0 Å². The van der Waals surface area contributed by atoms with Crippen LogP contribution in [-0.2, 0) is 0 Å². The molecule has 3 aromatic carbocycles. The zero-order valence-electron chi connectivity index (χ0n) is 16.3. The van der Waals surface area contributed by atoms with Gasteiger partial charge in [-0.3, -0.25) is 14.9 Å². The van der Waals surface area contributed by atoms with Crippen LogP contribution >= 0.6 is 0 Å². The second kappa shape index (κ2) is 8.08. The van der Waals surface area contributed by atoms with Crippen LogP contribution in [0.4, 0.5) is 17.1 Å². The first-order valence-corrected chi connectivity index (χ1v) is 9.50. The summed E-state index contributed by atoms with van der Waals surface area (Å²) in [4.78, 5) is 26.2. The van der Waals surface area contributed by atoms with E-state index in [-0.39, 0.29) is 17.6 Å². The average Bonchev–Trinajstić information content (AvgIpc) is 3.19. The van der Waals surface area contributed by atoms with E-state index in [1.165, 1.54) is 17.7 Å². The van der Waals surface area contributed by atoms with Gasteiger partial charge in [-0.25, -0.2) is 0 Å². The van der Waals surface area contributed by atoms with E-state index >= 15 is 0 Å². The van der Waals surface area contributed by atoms with Gasteiger partial charge in [0.15, 0.2) is 0 Å². The predicted molar refractivity (Wildman–Crippen MR) is 118 cm³/mol. The van der Waals surface area contributed by atoms with Crippen LogP contribution in [0.2, 0.25) is 0 Å². The molecule has 0 radical (unpaired) electrons. The molecular formula is C23H20N4O3. The molecule has 0 spiro atoms. The number of non-ortho nitro benzene ring substituents is 1. The summed E-state index contributed by atoms with van der Waals surface area (Å²) in [6.07, 6.45) is 1.56. The van der Waals surface area contributed by atoms with Gasteiger partial charge < -0.3 is 15.6 Å². The number of H-pyrrole nitrogens is 1. The van der Waals surface area contributed by atoms with Crippen LogP contribution in [0, 0.1) is 10.1 Å². The van der Waals surface area contributed by atoms with Gasteiger partial charge in [0.2, 0.25) is 0 Å². The Balaban J connectivity index is 1.47. The van der Waals surface area contributed by atoms with E-state index < -0.39 is 4.92 Å². The Morgan fingerprint density at radius 2 is 1.70 bits per heavy atom. The van der Waals surface area contributed by atoms with Crippen molar-refractivity contribution in [3.05, 3.63) is 100 Å². The molecule has 0 saturated heterocycles. The van der Waals surface area contributed by atoms with E-state index in [4.69, 9.17) is 0 Å². The fraction of sp³-hybridized carbons (Fsp3) is 0.0870. The molecule has 1 aromatic heterocycles. The molecule has 1 atom stereocenters. The first-order chi connectivity index (χ1) is 14.5. The molecule has 1 amide bonds. The molecule has 0 saturated carbocycles. The minimum absolute atomic E-state index is 0.0564. The lowest BCUT2D eigenvalue weighted by atomic mass is 10.1. The van der Waals surface area contributed by atoms with Gasteiger partial charge in [-0.2, -0.15) is 0 Å². The van der Waals surface area contributed by atoms with Crippen molar-refractivity contribution in [3.63, 3.8) is 0 Å². The van der Waals surface area contributed by atoms with E-state index in [1.807, 2.05) is 42.5 Å². The van der Waals surface area contributed by atoms with Crippen molar-refractivity contribution >= 4 is 33.9 Å². The van der Waals surface area contributed by atoms with Gasteiger partial charge in [0, 0.05) is 46.6 Å². The SMILES string of the molecule is CC(Nc1ccc(NC(=O)c2c[nH]c3ccc([N+](=O)[O-])cc23)cc1)c1ccccc1. The molecule has 1 unspecified atom stereocenters. The lowest BCUT2D eigenvalue weighted by molar-refractivity contribution is -0.384. The highest BCUT2D eigenvalue weighted by Gasteiger charge is 2.16. The molecule has 0 fully saturated rings. The van der Waals surface area contributed by atoms with Gasteiger partial charge in [-0.1, -0.05) is 30.3 Å². The highest BCUT2D eigenvalue weighted by atomic mass is 16.6. The van der Waals surface area contributed by atoms with E-state index in [1.54, 1.807) is 12.3 Å². The molecule has 0 aliphatic carbocycles. The summed E-state index contributed by atoms with van der Waals surface area (Å²) in [5.41, 5.74) is 3.72. The lowest BCUT2D eigenvalue weighted by Crippen LogP contribution is -2.11. The van der Waals surface area contributed by atoms with Crippen LogP contribution in [-0.4, -0.2) is 15.8 Å². The summed E-state index contributed by atoms with van der Waals surface area (Å²) < 4.78 is 0. The predicted octanol–water partition coefficient (Wildman–Crippen LogP) is 5.50. The van der Waals surface area contributed by atoms with E-state index in [9.17, 15) is 14.9 Å². The Morgan fingerprint density at radius 3 is 2.40 bits per heavy atom. The monoisotopic (exact) mass is 400 g/mol. The van der Waals surface area contributed by atoms with Crippen LogP contribution in [0.25, 0.3) is 10.9 Å². The Hall–Kier alpha value is -4.13. The number of nitrogens with one attached hydrogen (secondary N) is 3. The van der Waals surface area contributed by atoms with Crippen molar-refractivity contribution in [2.75, 3.05) is 10.6 Å². The summed E-state index contributed by atoms with van der Waals surface area (Å²) in [6, 6.07) is 22.1. The van der Waals surface area contributed by atoms with E-state index in [0.717, 1.165) is 5.69 Å². The number of hydrogen-bond acceptors (Lipinski definition) is 4. The topological polar surface area (TPSA) is 100 Å². The summed E-state index contributed by atoms with van der Waals surface area (Å²) in [5.74, 6) is -0.333. The molecule has 1 heterocycles. The Labute approximate surface area is 172 Å². The maximum atomic E-state index is 12.7. The molecule has 30 heavy (non-hydrogen) atoms. The number of hydrogen-bond donors (Lipinski definition) is 3. The maximum Gasteiger partial charge on any atom is 0.270 e. The number of carbonyl (C=O) groups is 1. The fourth-order valence-electron chi connectivity index (χ4n) is 3.33. The third-order valence-electron chi connectivity index (χ3n) is 4.95. The van der Waals surface area contributed by atoms with Crippen molar-refractivity contribution < 1.29 is 9.72 Å². The number of aromatic nitrogens is 1. The van der Waals surface area contributed by atoms with Gasteiger partial charge in [0.1, 0.15) is 0 Å². The number of fused-ring (bicyclic) bond motifs is 1. The Morgan fingerprint density at radius 1 is 1.00 bits per heavy atom. The van der Waals surface area contributed by atoms with Gasteiger partial charge >= 0.3 is 0 Å². The highest BCUT2D eigenvalue weighted by molar-refractivity contribution is 6.13. The number of nitrogens with zero attached hydrogens (tertiary/aromatic N) is 1. The number of amides is 1. The molecule has 3 N–H and O–H groups in total. The molecule has 7 nitrogen and oxygen atoms in total. The number of nitro groups is 1. The maximum absolute atomic E-state index is 12.7. The van der Waals surface area contributed by atoms with Crippen molar-refractivity contribution in [1.29, 1.82) is 0 Å². The van der Waals surface area contributed by atoms with E-state index in [0.29, 0.717) is 22.2 Å². The summed E-state index contributed by atoms with van der Waals surface area (Å²) in [6.45, 7) is 2.08. The number of anilines is 2. The smallest absolute Gasteiger partial charge is 0.270 e. The van der Waals surface area contributed by atoms with Gasteiger partial charge in [0.25, 0.3) is 11.6 Å². The Kier molecular flexibility index (Phi) is 5.17. The zero-order chi connectivity index (χ0) is 21.1. The Bertz CT molecular complexity index is 1200. The first-order valence-electron chi connectivity index (χ1n) is 9.50. The molecule has 4 rings (SSSR count). The fourth-order valence-corrected chi connectivity index (χ4v) is 3.33. The number of carbonyl (C=O) groups excluding carboxylic acids is 1. The quantitative estimate of drug-likeness (QED) is 0.294. The number of nitro benzene ring substituents is 1. The summed E-state index contributed by atoms with van der Waals surface area (Å²) in [7, 11) is 0. The molecule has 4 aromatic rings.